The van der Waals surface area contributed by atoms with Gasteiger partial charge in [-0.15, -0.1) is 11.3 Å². The monoisotopic (exact) mass is 301 g/mol. The third-order valence-corrected chi connectivity index (χ3v) is 3.50. The minimum absolute atomic E-state index is 0.0786. The number of thiophene rings is 1. The molecule has 0 fully saturated rings. The second-order valence-corrected chi connectivity index (χ2v) is 5.58. The Morgan fingerprint density at radius 3 is 3.00 bits per heavy atom. The summed E-state index contributed by atoms with van der Waals surface area (Å²) in [6.45, 7) is 0.625. The molecule has 0 aliphatic carbocycles. The molecule has 16 heavy (non-hydrogen) atoms. The van der Waals surface area contributed by atoms with E-state index in [9.17, 15) is 4.79 Å². The molecule has 2 aromatic rings. The van der Waals surface area contributed by atoms with E-state index in [-0.39, 0.29) is 5.69 Å². The van der Waals surface area contributed by atoms with Gasteiger partial charge in [-0.2, -0.15) is 5.10 Å². The molecule has 2 rings (SSSR count). The molecule has 0 bridgehead atoms. The lowest BCUT2D eigenvalue weighted by Gasteiger charge is -1.98. The van der Waals surface area contributed by atoms with Crippen LogP contribution >= 0.6 is 27.3 Å². The van der Waals surface area contributed by atoms with Gasteiger partial charge in [0.1, 0.15) is 11.5 Å². The maximum atomic E-state index is 10.6. The molecule has 7 heteroatoms. The molecule has 0 radical (unpaired) electrons. The van der Waals surface area contributed by atoms with E-state index in [1.807, 2.05) is 12.1 Å². The average Bonchev–Trinajstić information content (AvgIpc) is 2.83. The van der Waals surface area contributed by atoms with Gasteiger partial charge in [0, 0.05) is 10.9 Å². The molecule has 2 aromatic heterocycles. The summed E-state index contributed by atoms with van der Waals surface area (Å²) in [5.41, 5.74) is 0.0786. The second kappa shape index (κ2) is 4.67. The van der Waals surface area contributed by atoms with E-state index in [1.165, 1.54) is 6.07 Å². The van der Waals surface area contributed by atoms with Gasteiger partial charge in [-0.05, 0) is 28.1 Å². The van der Waals surface area contributed by atoms with E-state index in [0.717, 1.165) is 8.66 Å². The molecular formula is C9H8BrN3O2S. The molecule has 0 atom stereocenters. The minimum Gasteiger partial charge on any atom is -0.477 e. The number of hydrogen-bond acceptors (Lipinski definition) is 4. The topological polar surface area (TPSA) is 78.0 Å². The van der Waals surface area contributed by atoms with E-state index in [0.29, 0.717) is 12.4 Å². The van der Waals surface area contributed by atoms with E-state index in [4.69, 9.17) is 5.11 Å². The smallest absolute Gasteiger partial charge is 0.353 e. The molecule has 3 N–H and O–H groups in total. The number of H-pyrrole nitrogens is 1. The van der Waals surface area contributed by atoms with Gasteiger partial charge in [0.05, 0.1) is 10.3 Å². The largest absolute Gasteiger partial charge is 0.477 e. The summed E-state index contributed by atoms with van der Waals surface area (Å²) in [5, 5.41) is 18.0. The van der Waals surface area contributed by atoms with Crippen molar-refractivity contribution in [2.24, 2.45) is 0 Å². The molecule has 0 saturated carbocycles. The maximum Gasteiger partial charge on any atom is 0.353 e. The number of halogens is 1. The zero-order chi connectivity index (χ0) is 11.5. The Kier molecular flexibility index (Phi) is 3.25. The van der Waals surface area contributed by atoms with E-state index in [1.54, 1.807) is 11.3 Å². The fourth-order valence-corrected chi connectivity index (χ4v) is 2.57. The van der Waals surface area contributed by atoms with Gasteiger partial charge in [0.25, 0.3) is 0 Å². The molecule has 0 spiro atoms. The summed E-state index contributed by atoms with van der Waals surface area (Å²) < 4.78 is 1.07. The van der Waals surface area contributed by atoms with Crippen molar-refractivity contribution in [3.8, 4) is 0 Å². The first-order valence-electron chi connectivity index (χ1n) is 4.42. The zero-order valence-corrected chi connectivity index (χ0v) is 10.4. The van der Waals surface area contributed by atoms with Crippen LogP contribution in [0.4, 0.5) is 5.82 Å². The summed E-state index contributed by atoms with van der Waals surface area (Å²) >= 11 is 4.99. The predicted octanol–water partition coefficient (Wildman–Crippen LogP) is 2.54. The zero-order valence-electron chi connectivity index (χ0n) is 8.03. The Hall–Kier alpha value is -1.34. The van der Waals surface area contributed by atoms with Crippen LogP contribution in [0.25, 0.3) is 0 Å². The fourth-order valence-electron chi connectivity index (χ4n) is 1.15. The lowest BCUT2D eigenvalue weighted by Crippen LogP contribution is -1.97. The normalized spacial score (nSPS) is 10.3. The molecular weight excluding hydrogens is 294 g/mol. The van der Waals surface area contributed by atoms with E-state index in [2.05, 4.69) is 31.4 Å². The van der Waals surface area contributed by atoms with Gasteiger partial charge in [0.15, 0.2) is 0 Å². The number of carboxylic acids is 1. The molecule has 0 aliphatic heterocycles. The Balaban J connectivity index is 1.97. The van der Waals surface area contributed by atoms with Crippen LogP contribution in [0.15, 0.2) is 22.0 Å². The van der Waals surface area contributed by atoms with Gasteiger partial charge in [-0.1, -0.05) is 0 Å². The Morgan fingerprint density at radius 1 is 1.62 bits per heavy atom. The van der Waals surface area contributed by atoms with Crippen molar-refractivity contribution in [3.05, 3.63) is 32.6 Å². The standard InChI is InChI=1S/C9H8BrN3O2S/c10-7-2-1-5(16-7)4-11-8-3-6(9(14)15)12-13-8/h1-3H,4H2,(H,14,15)(H2,11,12,13). The van der Waals surface area contributed by atoms with Gasteiger partial charge >= 0.3 is 5.97 Å². The highest BCUT2D eigenvalue weighted by atomic mass is 79.9. The van der Waals surface area contributed by atoms with E-state index < -0.39 is 5.97 Å². The van der Waals surface area contributed by atoms with Crippen molar-refractivity contribution in [2.75, 3.05) is 5.32 Å². The lowest BCUT2D eigenvalue weighted by atomic mass is 10.4. The predicted molar refractivity (Wildman–Crippen MR) is 64.9 cm³/mol. The van der Waals surface area contributed by atoms with Gasteiger partial charge in [0.2, 0.25) is 0 Å². The second-order valence-electron chi connectivity index (χ2n) is 3.03. The number of aromatic amines is 1. The lowest BCUT2D eigenvalue weighted by molar-refractivity contribution is 0.0690. The molecule has 2 heterocycles. The first kappa shape index (κ1) is 11.2. The summed E-state index contributed by atoms with van der Waals surface area (Å²) in [7, 11) is 0. The van der Waals surface area contributed by atoms with Crippen molar-refractivity contribution in [2.45, 2.75) is 6.54 Å². The van der Waals surface area contributed by atoms with Crippen LogP contribution in [0.5, 0.6) is 0 Å². The SMILES string of the molecule is O=C(O)c1cc(NCc2ccc(Br)s2)n[nH]1. The molecule has 5 nitrogen and oxygen atoms in total. The highest BCUT2D eigenvalue weighted by molar-refractivity contribution is 9.11. The molecule has 0 aliphatic rings. The van der Waals surface area contributed by atoms with Crippen LogP contribution in [-0.2, 0) is 6.54 Å². The molecule has 0 amide bonds. The van der Waals surface area contributed by atoms with Crippen molar-refractivity contribution < 1.29 is 9.90 Å². The van der Waals surface area contributed by atoms with Gasteiger partial charge in [-0.3, -0.25) is 5.10 Å². The van der Waals surface area contributed by atoms with Gasteiger partial charge in [-0.25, -0.2) is 4.79 Å². The molecule has 0 unspecified atom stereocenters. The van der Waals surface area contributed by atoms with Crippen LogP contribution < -0.4 is 5.32 Å². The van der Waals surface area contributed by atoms with Crippen LogP contribution in [0, 0.1) is 0 Å². The molecule has 84 valence electrons. The van der Waals surface area contributed by atoms with Crippen molar-refractivity contribution in [3.63, 3.8) is 0 Å². The van der Waals surface area contributed by atoms with Crippen molar-refractivity contribution >= 4 is 39.1 Å². The Labute approximate surface area is 104 Å². The summed E-state index contributed by atoms with van der Waals surface area (Å²) in [4.78, 5) is 11.7. The number of aromatic nitrogens is 2. The number of nitrogens with zero attached hydrogens (tertiary/aromatic N) is 1. The number of rotatable bonds is 4. The first-order chi connectivity index (χ1) is 7.65. The summed E-state index contributed by atoms with van der Waals surface area (Å²) in [6, 6.07) is 5.42. The maximum absolute atomic E-state index is 10.6. The van der Waals surface area contributed by atoms with Gasteiger partial charge < -0.3 is 10.4 Å². The van der Waals surface area contributed by atoms with Crippen LogP contribution in [0.1, 0.15) is 15.4 Å². The number of hydrogen-bond donors (Lipinski definition) is 3. The summed E-state index contributed by atoms with van der Waals surface area (Å²) in [5.74, 6) is -0.485. The third-order valence-electron chi connectivity index (χ3n) is 1.88. The number of nitrogens with one attached hydrogen (secondary N) is 2. The van der Waals surface area contributed by atoms with Crippen molar-refractivity contribution in [1.82, 2.24) is 10.2 Å². The Morgan fingerprint density at radius 2 is 2.44 bits per heavy atom. The number of anilines is 1. The summed E-state index contributed by atoms with van der Waals surface area (Å²) in [6.07, 6.45) is 0. The minimum atomic E-state index is -1.01. The number of aromatic carboxylic acids is 1. The third kappa shape index (κ3) is 2.61. The average molecular weight is 302 g/mol. The highest BCUT2D eigenvalue weighted by Crippen LogP contribution is 2.22. The quantitative estimate of drug-likeness (QED) is 0.811. The highest BCUT2D eigenvalue weighted by Gasteiger charge is 2.07. The fraction of sp³-hybridized carbons (Fsp3) is 0.111. The number of carbonyl (C=O) groups is 1. The Bertz CT molecular complexity index is 508. The van der Waals surface area contributed by atoms with Crippen LogP contribution in [0.2, 0.25) is 0 Å². The first-order valence-corrected chi connectivity index (χ1v) is 6.03. The molecule has 0 aromatic carbocycles. The van der Waals surface area contributed by atoms with Crippen LogP contribution in [-0.4, -0.2) is 21.3 Å². The van der Waals surface area contributed by atoms with E-state index >= 15 is 0 Å². The molecule has 0 saturated heterocycles. The number of carboxylic acid groups (broad SMARTS) is 1. The van der Waals surface area contributed by atoms with Crippen LogP contribution in [0.3, 0.4) is 0 Å². The van der Waals surface area contributed by atoms with Crippen molar-refractivity contribution in [1.29, 1.82) is 0 Å².